The lowest BCUT2D eigenvalue weighted by Gasteiger charge is -2.13. The van der Waals surface area contributed by atoms with E-state index in [4.69, 9.17) is 0 Å². The van der Waals surface area contributed by atoms with Crippen LogP contribution in [0.15, 0.2) is 35.9 Å². The second-order valence-electron chi connectivity index (χ2n) is 6.00. The van der Waals surface area contributed by atoms with Gasteiger partial charge in [0, 0.05) is 24.3 Å². The van der Waals surface area contributed by atoms with Crippen molar-refractivity contribution in [3.63, 3.8) is 0 Å². The van der Waals surface area contributed by atoms with E-state index < -0.39 is 0 Å². The fourth-order valence-corrected chi connectivity index (χ4v) is 2.74. The van der Waals surface area contributed by atoms with Gasteiger partial charge in [0.1, 0.15) is 0 Å². The van der Waals surface area contributed by atoms with Crippen molar-refractivity contribution in [2.24, 2.45) is 0 Å². The number of allylic oxidation sites excluding steroid dienone is 1. The van der Waals surface area contributed by atoms with Crippen molar-refractivity contribution < 1.29 is 9.59 Å². The van der Waals surface area contributed by atoms with Crippen LogP contribution in [-0.2, 0) is 4.79 Å². The minimum absolute atomic E-state index is 0.0146. The molecular weight excluding hydrogens is 302 g/mol. The molecule has 2 amide bonds. The molecule has 0 atom stereocenters. The van der Waals surface area contributed by atoms with Crippen molar-refractivity contribution in [2.45, 2.75) is 39.0 Å². The molecule has 0 aliphatic heterocycles. The van der Waals surface area contributed by atoms with E-state index in [0.717, 1.165) is 12.1 Å². The van der Waals surface area contributed by atoms with E-state index in [1.807, 2.05) is 19.1 Å². The minimum Gasteiger partial charge on any atom is -0.376 e. The Kier molecular flexibility index (Phi) is 7.33. The van der Waals surface area contributed by atoms with E-state index in [9.17, 15) is 9.59 Å². The summed E-state index contributed by atoms with van der Waals surface area (Å²) in [7, 11) is 0. The van der Waals surface area contributed by atoms with Gasteiger partial charge >= 0.3 is 0 Å². The Bertz CT molecular complexity index is 579. The van der Waals surface area contributed by atoms with Crippen LogP contribution in [0, 0.1) is 0 Å². The van der Waals surface area contributed by atoms with Crippen LogP contribution in [0.2, 0.25) is 0 Å². The van der Waals surface area contributed by atoms with Gasteiger partial charge in [-0.3, -0.25) is 9.59 Å². The van der Waals surface area contributed by atoms with Crippen molar-refractivity contribution >= 4 is 17.5 Å². The third kappa shape index (κ3) is 6.07. The Balaban J connectivity index is 1.67. The van der Waals surface area contributed by atoms with Crippen LogP contribution in [0.25, 0.3) is 0 Å². The lowest BCUT2D eigenvalue weighted by atomic mass is 9.97. The summed E-state index contributed by atoms with van der Waals surface area (Å²) in [6.45, 7) is 3.43. The molecule has 0 unspecified atom stereocenters. The Morgan fingerprint density at radius 3 is 2.54 bits per heavy atom. The van der Waals surface area contributed by atoms with E-state index in [1.165, 1.54) is 31.3 Å². The molecule has 0 radical (unpaired) electrons. The molecule has 0 spiro atoms. The topological polar surface area (TPSA) is 70.2 Å². The average Bonchev–Trinajstić information content (AvgIpc) is 2.61. The normalized spacial score (nSPS) is 13.8. The maximum atomic E-state index is 11.9. The SMILES string of the molecule is CCNC(=O)c1ccc(NCC(=O)NCCC2=CCCCC2)cc1. The zero-order chi connectivity index (χ0) is 17.2. The summed E-state index contributed by atoms with van der Waals surface area (Å²) in [6, 6.07) is 7.12. The van der Waals surface area contributed by atoms with Crippen LogP contribution < -0.4 is 16.0 Å². The Hall–Kier alpha value is -2.30. The molecule has 0 saturated carbocycles. The first-order valence-corrected chi connectivity index (χ1v) is 8.75. The zero-order valence-electron chi connectivity index (χ0n) is 14.4. The van der Waals surface area contributed by atoms with Gasteiger partial charge in [-0.05, 0) is 63.3 Å². The number of benzene rings is 1. The molecule has 5 nitrogen and oxygen atoms in total. The minimum atomic E-state index is -0.0844. The molecule has 1 aromatic carbocycles. The molecule has 0 fully saturated rings. The molecule has 1 aliphatic rings. The number of hydrogen-bond donors (Lipinski definition) is 3. The maximum absolute atomic E-state index is 11.9. The summed E-state index contributed by atoms with van der Waals surface area (Å²) in [5.74, 6) is -0.0991. The van der Waals surface area contributed by atoms with Crippen molar-refractivity contribution in [1.29, 1.82) is 0 Å². The number of nitrogens with one attached hydrogen (secondary N) is 3. The predicted molar refractivity (Wildman–Crippen MR) is 97.1 cm³/mol. The predicted octanol–water partition coefficient (Wildman–Crippen LogP) is 2.85. The number of carbonyl (C=O) groups is 2. The first-order valence-electron chi connectivity index (χ1n) is 8.75. The van der Waals surface area contributed by atoms with Gasteiger partial charge in [-0.25, -0.2) is 0 Å². The maximum Gasteiger partial charge on any atom is 0.251 e. The quantitative estimate of drug-likeness (QED) is 0.642. The largest absolute Gasteiger partial charge is 0.376 e. The zero-order valence-corrected chi connectivity index (χ0v) is 14.4. The van der Waals surface area contributed by atoms with Crippen molar-refractivity contribution in [3.05, 3.63) is 41.5 Å². The lowest BCUT2D eigenvalue weighted by molar-refractivity contribution is -0.119. The van der Waals surface area contributed by atoms with Gasteiger partial charge in [0.25, 0.3) is 5.91 Å². The highest BCUT2D eigenvalue weighted by Gasteiger charge is 2.06. The van der Waals surface area contributed by atoms with Crippen molar-refractivity contribution in [2.75, 3.05) is 25.0 Å². The third-order valence-corrected chi connectivity index (χ3v) is 4.09. The highest BCUT2D eigenvalue weighted by Crippen LogP contribution is 2.19. The molecule has 3 N–H and O–H groups in total. The molecular formula is C19H27N3O2. The Morgan fingerprint density at radius 1 is 1.08 bits per heavy atom. The van der Waals surface area contributed by atoms with Crippen LogP contribution >= 0.6 is 0 Å². The van der Waals surface area contributed by atoms with Gasteiger partial charge in [0.15, 0.2) is 0 Å². The summed E-state index contributed by atoms with van der Waals surface area (Å²) in [5.41, 5.74) is 2.91. The molecule has 0 bridgehead atoms. The monoisotopic (exact) mass is 329 g/mol. The molecule has 0 aromatic heterocycles. The van der Waals surface area contributed by atoms with Crippen LogP contribution in [-0.4, -0.2) is 31.4 Å². The molecule has 2 rings (SSSR count). The van der Waals surface area contributed by atoms with Crippen LogP contribution in [0.3, 0.4) is 0 Å². The number of carbonyl (C=O) groups excluding carboxylic acids is 2. The first-order chi connectivity index (χ1) is 11.7. The molecule has 24 heavy (non-hydrogen) atoms. The van der Waals surface area contributed by atoms with Crippen LogP contribution in [0.1, 0.15) is 49.4 Å². The molecule has 5 heteroatoms. The summed E-state index contributed by atoms with van der Waals surface area (Å²) in [5, 5.41) is 8.77. The van der Waals surface area contributed by atoms with Gasteiger partial charge < -0.3 is 16.0 Å². The smallest absolute Gasteiger partial charge is 0.251 e. The molecule has 0 heterocycles. The second kappa shape index (κ2) is 9.75. The van der Waals surface area contributed by atoms with E-state index in [2.05, 4.69) is 22.0 Å². The highest BCUT2D eigenvalue weighted by molar-refractivity contribution is 5.94. The number of hydrogen-bond acceptors (Lipinski definition) is 3. The van der Waals surface area contributed by atoms with Crippen LogP contribution in [0.5, 0.6) is 0 Å². The van der Waals surface area contributed by atoms with Crippen molar-refractivity contribution in [1.82, 2.24) is 10.6 Å². The molecule has 1 aromatic rings. The Morgan fingerprint density at radius 2 is 1.88 bits per heavy atom. The molecule has 1 aliphatic carbocycles. The highest BCUT2D eigenvalue weighted by atomic mass is 16.2. The number of amides is 2. The van der Waals surface area contributed by atoms with Gasteiger partial charge in [-0.15, -0.1) is 0 Å². The summed E-state index contributed by atoms with van der Waals surface area (Å²) >= 11 is 0. The van der Waals surface area contributed by atoms with Crippen molar-refractivity contribution in [3.8, 4) is 0 Å². The average molecular weight is 329 g/mol. The third-order valence-electron chi connectivity index (χ3n) is 4.09. The fourth-order valence-electron chi connectivity index (χ4n) is 2.74. The van der Waals surface area contributed by atoms with Gasteiger partial charge in [0.05, 0.1) is 6.54 Å². The second-order valence-corrected chi connectivity index (χ2v) is 6.00. The fraction of sp³-hybridized carbons (Fsp3) is 0.474. The van der Waals surface area contributed by atoms with Gasteiger partial charge in [-0.1, -0.05) is 11.6 Å². The first kappa shape index (κ1) is 18.0. The number of rotatable bonds is 8. The van der Waals surface area contributed by atoms with Gasteiger partial charge in [-0.2, -0.15) is 0 Å². The molecule has 0 saturated heterocycles. The number of anilines is 1. The van der Waals surface area contributed by atoms with Gasteiger partial charge in [0.2, 0.25) is 5.91 Å². The van der Waals surface area contributed by atoms with E-state index >= 15 is 0 Å². The van der Waals surface area contributed by atoms with E-state index in [1.54, 1.807) is 12.1 Å². The summed E-state index contributed by atoms with van der Waals surface area (Å²) < 4.78 is 0. The standard InChI is InChI=1S/C19H27N3O2/c1-2-20-19(24)16-8-10-17(11-9-16)22-14-18(23)21-13-12-15-6-4-3-5-7-15/h6,8-11,22H,2-5,7,12-14H2,1H3,(H,20,24)(H,21,23). The van der Waals surface area contributed by atoms with Crippen LogP contribution in [0.4, 0.5) is 5.69 Å². The lowest BCUT2D eigenvalue weighted by Crippen LogP contribution is -2.30. The Labute approximate surface area is 143 Å². The van der Waals surface area contributed by atoms with E-state index in [-0.39, 0.29) is 18.4 Å². The summed E-state index contributed by atoms with van der Waals surface area (Å²) in [6.07, 6.45) is 8.17. The molecule has 130 valence electrons. The van der Waals surface area contributed by atoms with E-state index in [0.29, 0.717) is 18.7 Å². The summed E-state index contributed by atoms with van der Waals surface area (Å²) in [4.78, 5) is 23.5.